The lowest BCUT2D eigenvalue weighted by molar-refractivity contribution is 0.149. The van der Waals surface area contributed by atoms with Crippen molar-refractivity contribution in [1.82, 2.24) is 19.8 Å². The van der Waals surface area contributed by atoms with Crippen molar-refractivity contribution in [3.05, 3.63) is 30.1 Å². The maximum absolute atomic E-state index is 4.83. The number of rotatable bonds is 3. The standard InChI is InChI=1S/C16H24N4/c1-12(19(2)13-7-6-10-17-11-13)16-18-14-8-4-5-9-15(14)20(16)3/h4-5,8-9,12-13,17H,6-7,10-11H2,1-3H3. The summed E-state index contributed by atoms with van der Waals surface area (Å²) in [5.74, 6) is 1.15. The maximum atomic E-state index is 4.83. The summed E-state index contributed by atoms with van der Waals surface area (Å²) in [5.41, 5.74) is 2.30. The van der Waals surface area contributed by atoms with Gasteiger partial charge in [0.15, 0.2) is 0 Å². The molecular formula is C16H24N4. The summed E-state index contributed by atoms with van der Waals surface area (Å²) in [6.07, 6.45) is 2.54. The van der Waals surface area contributed by atoms with Gasteiger partial charge in [-0.05, 0) is 45.5 Å². The molecule has 2 aromatic rings. The first-order chi connectivity index (χ1) is 9.68. The number of aryl methyl sites for hydroxylation is 1. The molecule has 1 aromatic carbocycles. The minimum absolute atomic E-state index is 0.331. The van der Waals surface area contributed by atoms with Gasteiger partial charge in [-0.25, -0.2) is 4.98 Å². The monoisotopic (exact) mass is 272 g/mol. The lowest BCUT2D eigenvalue weighted by Crippen LogP contribution is -2.45. The van der Waals surface area contributed by atoms with Gasteiger partial charge >= 0.3 is 0 Å². The normalized spacial score (nSPS) is 21.5. The van der Waals surface area contributed by atoms with Gasteiger partial charge in [-0.15, -0.1) is 0 Å². The lowest BCUT2D eigenvalue weighted by Gasteiger charge is -2.35. The van der Waals surface area contributed by atoms with E-state index in [9.17, 15) is 0 Å². The summed E-state index contributed by atoms with van der Waals surface area (Å²) in [5, 5.41) is 3.49. The maximum Gasteiger partial charge on any atom is 0.126 e. The van der Waals surface area contributed by atoms with Crippen LogP contribution in [0.15, 0.2) is 24.3 Å². The molecule has 0 saturated carbocycles. The van der Waals surface area contributed by atoms with Crippen molar-refractivity contribution in [3.63, 3.8) is 0 Å². The Labute approximate surface area is 120 Å². The van der Waals surface area contributed by atoms with Crippen molar-refractivity contribution < 1.29 is 0 Å². The van der Waals surface area contributed by atoms with Gasteiger partial charge in [0.05, 0.1) is 17.1 Å². The van der Waals surface area contributed by atoms with Crippen LogP contribution in [0.25, 0.3) is 11.0 Å². The zero-order valence-electron chi connectivity index (χ0n) is 12.6. The average molecular weight is 272 g/mol. The number of benzene rings is 1. The fraction of sp³-hybridized carbons (Fsp3) is 0.562. The van der Waals surface area contributed by atoms with Gasteiger partial charge < -0.3 is 9.88 Å². The fourth-order valence-corrected chi connectivity index (χ4v) is 3.22. The second kappa shape index (κ2) is 5.54. The van der Waals surface area contributed by atoms with Gasteiger partial charge in [0.2, 0.25) is 0 Å². The van der Waals surface area contributed by atoms with E-state index in [1.54, 1.807) is 0 Å². The Bertz CT molecular complexity index is 583. The molecule has 2 atom stereocenters. The summed E-state index contributed by atoms with van der Waals surface area (Å²) in [7, 11) is 4.34. The molecule has 0 bridgehead atoms. The van der Waals surface area contributed by atoms with Crippen molar-refractivity contribution in [2.75, 3.05) is 20.1 Å². The number of hydrogen-bond donors (Lipinski definition) is 1. The molecule has 1 aliphatic heterocycles. The molecule has 1 aliphatic rings. The number of aromatic nitrogens is 2. The summed E-state index contributed by atoms with van der Waals surface area (Å²) in [6.45, 7) is 4.51. The van der Waals surface area contributed by atoms with E-state index in [1.165, 1.54) is 18.4 Å². The molecule has 2 heterocycles. The molecule has 2 unspecified atom stereocenters. The third kappa shape index (κ3) is 2.34. The van der Waals surface area contributed by atoms with Crippen LogP contribution in [0.2, 0.25) is 0 Å². The molecule has 0 amide bonds. The van der Waals surface area contributed by atoms with Gasteiger partial charge in [0, 0.05) is 19.6 Å². The topological polar surface area (TPSA) is 33.1 Å². The average Bonchev–Trinajstić information content (AvgIpc) is 2.84. The predicted octanol–water partition coefficient (Wildman–Crippen LogP) is 2.32. The summed E-state index contributed by atoms with van der Waals surface area (Å²) in [4.78, 5) is 7.29. The zero-order valence-corrected chi connectivity index (χ0v) is 12.6. The third-order valence-corrected chi connectivity index (χ3v) is 4.65. The van der Waals surface area contributed by atoms with E-state index < -0.39 is 0 Å². The molecule has 3 rings (SSSR count). The predicted molar refractivity (Wildman–Crippen MR) is 82.8 cm³/mol. The molecule has 4 nitrogen and oxygen atoms in total. The van der Waals surface area contributed by atoms with Gasteiger partial charge in [0.25, 0.3) is 0 Å². The third-order valence-electron chi connectivity index (χ3n) is 4.65. The highest BCUT2D eigenvalue weighted by Gasteiger charge is 2.25. The second-order valence-electron chi connectivity index (χ2n) is 5.86. The van der Waals surface area contributed by atoms with E-state index in [0.717, 1.165) is 24.4 Å². The van der Waals surface area contributed by atoms with Gasteiger partial charge in [0.1, 0.15) is 5.82 Å². The van der Waals surface area contributed by atoms with Crippen LogP contribution < -0.4 is 5.32 Å². The van der Waals surface area contributed by atoms with E-state index in [1.807, 2.05) is 0 Å². The molecule has 1 saturated heterocycles. The van der Waals surface area contributed by atoms with Crippen LogP contribution in [0.1, 0.15) is 31.6 Å². The van der Waals surface area contributed by atoms with E-state index in [4.69, 9.17) is 4.98 Å². The SMILES string of the molecule is CC(c1nc2ccccc2n1C)N(C)C1CCCNC1. The van der Waals surface area contributed by atoms with Crippen molar-refractivity contribution in [3.8, 4) is 0 Å². The Morgan fingerprint density at radius 2 is 2.20 bits per heavy atom. The highest BCUT2D eigenvalue weighted by Crippen LogP contribution is 2.25. The number of nitrogens with one attached hydrogen (secondary N) is 1. The van der Waals surface area contributed by atoms with Crippen molar-refractivity contribution in [2.24, 2.45) is 7.05 Å². The summed E-state index contributed by atoms with van der Waals surface area (Å²) >= 11 is 0. The Morgan fingerprint density at radius 1 is 1.40 bits per heavy atom. The van der Waals surface area contributed by atoms with E-state index in [0.29, 0.717) is 12.1 Å². The molecule has 0 aliphatic carbocycles. The second-order valence-corrected chi connectivity index (χ2v) is 5.86. The van der Waals surface area contributed by atoms with Crippen LogP contribution in [0.3, 0.4) is 0 Å². The molecule has 0 spiro atoms. The summed E-state index contributed by atoms with van der Waals surface area (Å²) < 4.78 is 2.23. The van der Waals surface area contributed by atoms with Crippen LogP contribution in [0.5, 0.6) is 0 Å². The highest BCUT2D eigenvalue weighted by atomic mass is 15.2. The van der Waals surface area contributed by atoms with Crippen molar-refractivity contribution in [2.45, 2.75) is 31.8 Å². The van der Waals surface area contributed by atoms with E-state index in [2.05, 4.69) is 60.1 Å². The van der Waals surface area contributed by atoms with Gasteiger partial charge in [-0.1, -0.05) is 12.1 Å². The molecule has 0 radical (unpaired) electrons. The Kier molecular flexibility index (Phi) is 3.76. The Hall–Kier alpha value is -1.39. The van der Waals surface area contributed by atoms with Crippen LogP contribution in [-0.4, -0.2) is 40.6 Å². The van der Waals surface area contributed by atoms with Crippen LogP contribution in [0, 0.1) is 0 Å². The number of likely N-dealkylation sites (N-methyl/N-ethyl adjacent to an activating group) is 1. The highest BCUT2D eigenvalue weighted by molar-refractivity contribution is 5.75. The molecular weight excluding hydrogens is 248 g/mol. The summed E-state index contributed by atoms with van der Waals surface area (Å²) in [6, 6.07) is 9.30. The van der Waals surface area contributed by atoms with E-state index >= 15 is 0 Å². The number of imidazole rings is 1. The molecule has 4 heteroatoms. The number of hydrogen-bond acceptors (Lipinski definition) is 3. The van der Waals surface area contributed by atoms with Gasteiger partial charge in [-0.2, -0.15) is 0 Å². The lowest BCUT2D eigenvalue weighted by atomic mass is 10.0. The molecule has 108 valence electrons. The number of fused-ring (bicyclic) bond motifs is 1. The van der Waals surface area contributed by atoms with Crippen LogP contribution >= 0.6 is 0 Å². The Balaban J connectivity index is 1.87. The number of nitrogens with zero attached hydrogens (tertiary/aromatic N) is 3. The van der Waals surface area contributed by atoms with Crippen molar-refractivity contribution >= 4 is 11.0 Å². The molecule has 1 aromatic heterocycles. The molecule has 1 N–H and O–H groups in total. The largest absolute Gasteiger partial charge is 0.330 e. The first kappa shape index (κ1) is 13.6. The number of piperidine rings is 1. The molecule has 20 heavy (non-hydrogen) atoms. The quantitative estimate of drug-likeness (QED) is 0.931. The van der Waals surface area contributed by atoms with Crippen LogP contribution in [0.4, 0.5) is 0 Å². The zero-order chi connectivity index (χ0) is 14.1. The number of para-hydroxylation sites is 2. The minimum atomic E-state index is 0.331. The fourth-order valence-electron chi connectivity index (χ4n) is 3.22. The smallest absolute Gasteiger partial charge is 0.126 e. The Morgan fingerprint density at radius 3 is 2.90 bits per heavy atom. The van der Waals surface area contributed by atoms with E-state index in [-0.39, 0.29) is 0 Å². The van der Waals surface area contributed by atoms with Crippen LogP contribution in [-0.2, 0) is 7.05 Å². The first-order valence-electron chi connectivity index (χ1n) is 7.52. The van der Waals surface area contributed by atoms with Crippen molar-refractivity contribution in [1.29, 1.82) is 0 Å². The first-order valence-corrected chi connectivity index (χ1v) is 7.52. The minimum Gasteiger partial charge on any atom is -0.330 e. The molecule has 1 fully saturated rings. The van der Waals surface area contributed by atoms with Gasteiger partial charge in [-0.3, -0.25) is 4.90 Å².